The first-order chi connectivity index (χ1) is 7.24. The molecule has 2 aliphatic rings. The van der Waals surface area contributed by atoms with Gasteiger partial charge in [0.2, 0.25) is 0 Å². The van der Waals surface area contributed by atoms with Crippen LogP contribution in [0.5, 0.6) is 0 Å². The van der Waals surface area contributed by atoms with Gasteiger partial charge in [0.25, 0.3) is 0 Å². The van der Waals surface area contributed by atoms with Crippen molar-refractivity contribution < 1.29 is 0 Å². The fraction of sp³-hybridized carbons (Fsp3) is 0.600. The number of nitrogens with zero attached hydrogens (tertiary/aromatic N) is 3. The van der Waals surface area contributed by atoms with E-state index in [0.29, 0.717) is 4.73 Å². The number of fused-ring (bicyclic) bond motifs is 1. The highest BCUT2D eigenvalue weighted by Gasteiger charge is 2.32. The maximum absolute atomic E-state index is 4.44. The van der Waals surface area contributed by atoms with Crippen molar-refractivity contribution in [3.05, 3.63) is 20.6 Å². The molecule has 0 aromatic carbocycles. The van der Waals surface area contributed by atoms with Gasteiger partial charge >= 0.3 is 0 Å². The minimum atomic E-state index is 0.688. The molecule has 0 atom stereocenters. The lowest BCUT2D eigenvalue weighted by atomic mass is 10.1. The van der Waals surface area contributed by atoms with Crippen LogP contribution >= 0.6 is 31.9 Å². The molecule has 3 nitrogen and oxygen atoms in total. The van der Waals surface area contributed by atoms with E-state index in [2.05, 4.69) is 46.7 Å². The second-order valence-corrected chi connectivity index (χ2v) is 5.62. The Hall–Kier alpha value is -0.0000000000000000763. The lowest BCUT2D eigenvalue weighted by molar-refractivity contribution is 0.240. The monoisotopic (exact) mass is 331 g/mol. The lowest BCUT2D eigenvalue weighted by Gasteiger charge is -2.28. The standard InChI is InChI=1S/C10H11Br2N3/c11-9-7-5-15(6-1-2-6)4-3-8(7)13-10(12)14-9/h6H,1-5H2. The number of hydrogen-bond donors (Lipinski definition) is 0. The summed E-state index contributed by atoms with van der Waals surface area (Å²) in [6, 6.07) is 0.827. The number of aromatic nitrogens is 2. The van der Waals surface area contributed by atoms with Crippen LogP contribution in [0.2, 0.25) is 0 Å². The molecule has 0 N–H and O–H groups in total. The minimum absolute atomic E-state index is 0.688. The molecule has 1 saturated carbocycles. The molecule has 1 fully saturated rings. The molecule has 1 aliphatic carbocycles. The van der Waals surface area contributed by atoms with Crippen molar-refractivity contribution in [2.24, 2.45) is 0 Å². The van der Waals surface area contributed by atoms with Gasteiger partial charge in [0.05, 0.1) is 5.69 Å². The quantitative estimate of drug-likeness (QED) is 0.584. The Balaban J connectivity index is 1.93. The molecule has 1 aromatic rings. The minimum Gasteiger partial charge on any atom is -0.296 e. The molecule has 0 radical (unpaired) electrons. The molecule has 3 rings (SSSR count). The molecule has 0 unspecified atom stereocenters. The smallest absolute Gasteiger partial charge is 0.197 e. The van der Waals surface area contributed by atoms with Gasteiger partial charge in [-0.15, -0.1) is 0 Å². The molecular weight excluding hydrogens is 322 g/mol. The van der Waals surface area contributed by atoms with Crippen molar-refractivity contribution in [3.8, 4) is 0 Å². The zero-order valence-corrected chi connectivity index (χ0v) is 11.4. The molecule has 0 saturated heterocycles. The number of rotatable bonds is 1. The first kappa shape index (κ1) is 10.2. The Morgan fingerprint density at radius 2 is 2.00 bits per heavy atom. The summed E-state index contributed by atoms with van der Waals surface area (Å²) in [6.45, 7) is 2.15. The average molecular weight is 333 g/mol. The highest BCUT2D eigenvalue weighted by atomic mass is 79.9. The van der Waals surface area contributed by atoms with E-state index in [0.717, 1.165) is 30.2 Å². The molecular formula is C10H11Br2N3. The average Bonchev–Trinajstić information content (AvgIpc) is 3.00. The topological polar surface area (TPSA) is 29.0 Å². The van der Waals surface area contributed by atoms with Crippen molar-refractivity contribution in [2.75, 3.05) is 6.54 Å². The second kappa shape index (κ2) is 3.79. The fourth-order valence-corrected chi connectivity index (χ4v) is 3.27. The van der Waals surface area contributed by atoms with E-state index in [-0.39, 0.29) is 0 Å². The summed E-state index contributed by atoms with van der Waals surface area (Å²) in [4.78, 5) is 11.3. The van der Waals surface area contributed by atoms with E-state index in [1.54, 1.807) is 0 Å². The molecule has 1 aliphatic heterocycles. The summed E-state index contributed by atoms with van der Waals surface area (Å²) < 4.78 is 1.64. The fourth-order valence-electron chi connectivity index (χ4n) is 2.12. The van der Waals surface area contributed by atoms with Crippen LogP contribution < -0.4 is 0 Å². The third-order valence-corrected chi connectivity index (χ3v) is 4.09. The van der Waals surface area contributed by atoms with Gasteiger partial charge in [-0.3, -0.25) is 4.90 Å². The third kappa shape index (κ3) is 1.97. The summed E-state index contributed by atoms with van der Waals surface area (Å²) >= 11 is 6.85. The molecule has 0 spiro atoms. The van der Waals surface area contributed by atoms with Crippen LogP contribution in [-0.4, -0.2) is 27.5 Å². The van der Waals surface area contributed by atoms with Gasteiger partial charge in [-0.1, -0.05) is 0 Å². The van der Waals surface area contributed by atoms with Crippen LogP contribution in [0.3, 0.4) is 0 Å². The van der Waals surface area contributed by atoms with Crippen LogP contribution in [0, 0.1) is 0 Å². The molecule has 0 amide bonds. The van der Waals surface area contributed by atoms with E-state index >= 15 is 0 Å². The first-order valence-corrected chi connectivity index (χ1v) is 6.77. The van der Waals surface area contributed by atoms with Gasteiger partial charge in [-0.05, 0) is 44.7 Å². The SMILES string of the molecule is Brc1nc(Br)c2c(n1)CCN(C1CC1)C2. The van der Waals surface area contributed by atoms with E-state index in [1.807, 2.05) is 0 Å². The summed E-state index contributed by atoms with van der Waals surface area (Å²) in [7, 11) is 0. The molecule has 0 bridgehead atoms. The molecule has 1 aromatic heterocycles. The van der Waals surface area contributed by atoms with Crippen LogP contribution in [0.15, 0.2) is 9.34 Å². The van der Waals surface area contributed by atoms with Crippen LogP contribution in [-0.2, 0) is 13.0 Å². The Morgan fingerprint density at radius 3 is 2.73 bits per heavy atom. The van der Waals surface area contributed by atoms with E-state index in [1.165, 1.54) is 24.1 Å². The van der Waals surface area contributed by atoms with Crippen LogP contribution in [0.1, 0.15) is 24.1 Å². The van der Waals surface area contributed by atoms with Crippen molar-refractivity contribution in [1.29, 1.82) is 0 Å². The molecule has 15 heavy (non-hydrogen) atoms. The van der Waals surface area contributed by atoms with Gasteiger partial charge in [-0.2, -0.15) is 0 Å². The van der Waals surface area contributed by atoms with E-state index in [4.69, 9.17) is 0 Å². The molecule has 80 valence electrons. The number of hydrogen-bond acceptors (Lipinski definition) is 3. The predicted octanol–water partition coefficient (Wildman–Crippen LogP) is 2.52. The normalized spacial score (nSPS) is 21.5. The second-order valence-electron chi connectivity index (χ2n) is 4.16. The summed E-state index contributed by atoms with van der Waals surface area (Å²) in [5.41, 5.74) is 2.47. The highest BCUT2D eigenvalue weighted by Crippen LogP contribution is 2.33. The first-order valence-electron chi connectivity index (χ1n) is 5.19. The zero-order chi connectivity index (χ0) is 10.4. The van der Waals surface area contributed by atoms with Gasteiger partial charge in [0, 0.05) is 31.1 Å². The van der Waals surface area contributed by atoms with Crippen LogP contribution in [0.4, 0.5) is 0 Å². The lowest BCUT2D eigenvalue weighted by Crippen LogP contribution is -2.33. The summed E-state index contributed by atoms with van der Waals surface area (Å²) in [6.07, 6.45) is 3.78. The maximum atomic E-state index is 4.44. The van der Waals surface area contributed by atoms with E-state index in [9.17, 15) is 0 Å². The Morgan fingerprint density at radius 1 is 1.20 bits per heavy atom. The van der Waals surface area contributed by atoms with Crippen molar-refractivity contribution in [2.45, 2.75) is 31.8 Å². The van der Waals surface area contributed by atoms with Crippen molar-refractivity contribution in [3.63, 3.8) is 0 Å². The van der Waals surface area contributed by atoms with E-state index < -0.39 is 0 Å². The van der Waals surface area contributed by atoms with Gasteiger partial charge in [0.1, 0.15) is 4.60 Å². The summed E-state index contributed by atoms with van der Waals surface area (Å²) in [5.74, 6) is 0. The summed E-state index contributed by atoms with van der Waals surface area (Å²) in [5, 5.41) is 0. The Bertz CT molecular complexity index is 404. The predicted molar refractivity (Wildman–Crippen MR) is 64.6 cm³/mol. The largest absolute Gasteiger partial charge is 0.296 e. The highest BCUT2D eigenvalue weighted by molar-refractivity contribution is 9.11. The van der Waals surface area contributed by atoms with Crippen molar-refractivity contribution in [1.82, 2.24) is 14.9 Å². The Labute approximate surface area is 106 Å². The third-order valence-electron chi connectivity index (χ3n) is 3.08. The zero-order valence-electron chi connectivity index (χ0n) is 8.21. The van der Waals surface area contributed by atoms with Gasteiger partial charge < -0.3 is 0 Å². The Kier molecular flexibility index (Phi) is 2.57. The molecule has 2 heterocycles. The van der Waals surface area contributed by atoms with Gasteiger partial charge in [-0.25, -0.2) is 9.97 Å². The maximum Gasteiger partial charge on any atom is 0.197 e. The molecule has 5 heteroatoms. The van der Waals surface area contributed by atoms with Crippen molar-refractivity contribution >= 4 is 31.9 Å². The number of halogens is 2. The van der Waals surface area contributed by atoms with Gasteiger partial charge in [0.15, 0.2) is 4.73 Å². The van der Waals surface area contributed by atoms with Crippen LogP contribution in [0.25, 0.3) is 0 Å².